The molecule has 2 nitrogen and oxygen atoms in total. The molecule has 0 amide bonds. The minimum Gasteiger partial charge on any atom is -0.451 e. The van der Waals surface area contributed by atoms with Crippen LogP contribution in [0.3, 0.4) is 0 Å². The Morgan fingerprint density at radius 2 is 0.970 bits per heavy atom. The highest BCUT2D eigenvalue weighted by Crippen LogP contribution is 2.39. The highest BCUT2D eigenvalue weighted by molar-refractivity contribution is 6.23. The van der Waals surface area contributed by atoms with Crippen LogP contribution in [0.1, 0.15) is 23.0 Å². The first-order valence-corrected chi connectivity index (χ1v) is 11.3. The Hall–Kier alpha value is -4.04. The molecule has 33 heavy (non-hydrogen) atoms. The van der Waals surface area contributed by atoms with Gasteiger partial charge in [0.25, 0.3) is 6.29 Å². The van der Waals surface area contributed by atoms with Crippen LogP contribution in [0.4, 0.5) is 0 Å². The molecule has 0 aromatic heterocycles. The third-order valence-electron chi connectivity index (χ3n) is 6.34. The summed E-state index contributed by atoms with van der Waals surface area (Å²) in [5, 5.41) is 7.42. The standard InChI is InChI=1S/C31H24O2/c1-20-6-14-25(15-7-20)32-31(33-26-16-8-21(2)9-17-26)28-19-13-24-11-10-22-4-3-5-23-12-18-27(28)30(24)29(22)23/h3-19,31H,1-2H3. The summed E-state index contributed by atoms with van der Waals surface area (Å²) in [4.78, 5) is 0. The average molecular weight is 429 g/mol. The number of ether oxygens (including phenoxy) is 2. The van der Waals surface area contributed by atoms with Crippen LogP contribution in [0.15, 0.2) is 103 Å². The summed E-state index contributed by atoms with van der Waals surface area (Å²) >= 11 is 0. The van der Waals surface area contributed by atoms with E-state index in [4.69, 9.17) is 9.47 Å². The fourth-order valence-corrected chi connectivity index (χ4v) is 4.60. The number of hydrogen-bond donors (Lipinski definition) is 0. The molecule has 0 unspecified atom stereocenters. The zero-order chi connectivity index (χ0) is 22.4. The average Bonchev–Trinajstić information content (AvgIpc) is 2.85. The van der Waals surface area contributed by atoms with Crippen LogP contribution in [-0.2, 0) is 0 Å². The van der Waals surface area contributed by atoms with Crippen LogP contribution in [0.25, 0.3) is 32.3 Å². The lowest BCUT2D eigenvalue weighted by Gasteiger charge is -2.23. The Labute approximate surface area is 193 Å². The SMILES string of the molecule is Cc1ccc(OC(Oc2ccc(C)cc2)c2ccc3ccc4cccc5ccc2c3c45)cc1. The molecule has 0 saturated heterocycles. The van der Waals surface area contributed by atoms with E-state index in [1.807, 2.05) is 24.3 Å². The summed E-state index contributed by atoms with van der Waals surface area (Å²) in [7, 11) is 0. The van der Waals surface area contributed by atoms with Crippen molar-refractivity contribution in [2.45, 2.75) is 20.1 Å². The van der Waals surface area contributed by atoms with E-state index in [1.54, 1.807) is 0 Å². The fraction of sp³-hybridized carbons (Fsp3) is 0.0968. The minimum atomic E-state index is -0.583. The Morgan fingerprint density at radius 3 is 1.55 bits per heavy atom. The van der Waals surface area contributed by atoms with Gasteiger partial charge in [-0.3, -0.25) is 0 Å². The first-order valence-electron chi connectivity index (χ1n) is 11.3. The highest BCUT2D eigenvalue weighted by Gasteiger charge is 2.21. The Kier molecular flexibility index (Phi) is 4.66. The van der Waals surface area contributed by atoms with Gasteiger partial charge < -0.3 is 9.47 Å². The second-order valence-corrected chi connectivity index (χ2v) is 8.70. The van der Waals surface area contributed by atoms with Crippen LogP contribution in [-0.4, -0.2) is 0 Å². The van der Waals surface area contributed by atoms with Gasteiger partial charge in [-0.2, -0.15) is 0 Å². The van der Waals surface area contributed by atoms with Crippen LogP contribution in [0, 0.1) is 13.8 Å². The van der Waals surface area contributed by atoms with E-state index >= 15 is 0 Å². The van der Waals surface area contributed by atoms with Crippen molar-refractivity contribution in [3.8, 4) is 11.5 Å². The topological polar surface area (TPSA) is 18.5 Å². The summed E-state index contributed by atoms with van der Waals surface area (Å²) in [5.74, 6) is 1.56. The maximum absolute atomic E-state index is 6.46. The summed E-state index contributed by atoms with van der Waals surface area (Å²) in [6, 6.07) is 35.8. The molecule has 0 aliphatic carbocycles. The predicted octanol–water partition coefficient (Wildman–Crippen LogP) is 8.36. The van der Waals surface area contributed by atoms with Crippen molar-refractivity contribution in [3.05, 3.63) is 120 Å². The number of aryl methyl sites for hydroxylation is 2. The highest BCUT2D eigenvalue weighted by atomic mass is 16.7. The lowest BCUT2D eigenvalue weighted by molar-refractivity contribution is 0.00502. The number of rotatable bonds is 5. The van der Waals surface area contributed by atoms with E-state index in [1.165, 1.54) is 38.1 Å². The van der Waals surface area contributed by atoms with Crippen molar-refractivity contribution in [2.75, 3.05) is 0 Å². The van der Waals surface area contributed by atoms with Crippen LogP contribution >= 0.6 is 0 Å². The second kappa shape index (κ2) is 7.83. The monoisotopic (exact) mass is 428 g/mol. The molecule has 0 radical (unpaired) electrons. The van der Waals surface area contributed by atoms with E-state index < -0.39 is 6.29 Å². The van der Waals surface area contributed by atoms with Gasteiger partial charge in [-0.1, -0.05) is 90.0 Å². The molecule has 0 spiro atoms. The largest absolute Gasteiger partial charge is 0.451 e. The lowest BCUT2D eigenvalue weighted by Crippen LogP contribution is -2.15. The summed E-state index contributed by atoms with van der Waals surface area (Å²) < 4.78 is 12.9. The molecule has 160 valence electrons. The van der Waals surface area contributed by atoms with Gasteiger partial charge in [0, 0.05) is 5.56 Å². The van der Waals surface area contributed by atoms with Crippen molar-refractivity contribution in [3.63, 3.8) is 0 Å². The van der Waals surface area contributed by atoms with Crippen molar-refractivity contribution in [2.24, 2.45) is 0 Å². The number of benzene rings is 6. The quantitative estimate of drug-likeness (QED) is 0.203. The maximum Gasteiger partial charge on any atom is 0.268 e. The summed E-state index contributed by atoms with van der Waals surface area (Å²) in [6.07, 6.45) is -0.583. The van der Waals surface area contributed by atoms with E-state index in [0.717, 1.165) is 22.4 Å². The van der Waals surface area contributed by atoms with Gasteiger partial charge in [0.1, 0.15) is 11.5 Å². The van der Waals surface area contributed by atoms with Gasteiger partial charge in [-0.05, 0) is 70.4 Å². The van der Waals surface area contributed by atoms with E-state index in [-0.39, 0.29) is 0 Å². The maximum atomic E-state index is 6.46. The van der Waals surface area contributed by atoms with Gasteiger partial charge in [0.2, 0.25) is 0 Å². The summed E-state index contributed by atoms with van der Waals surface area (Å²) in [5.41, 5.74) is 3.41. The normalized spacial score (nSPS) is 11.6. The van der Waals surface area contributed by atoms with E-state index in [9.17, 15) is 0 Å². The molecular weight excluding hydrogens is 404 g/mol. The zero-order valence-corrected chi connectivity index (χ0v) is 18.7. The molecule has 0 aliphatic heterocycles. The predicted molar refractivity (Wildman–Crippen MR) is 137 cm³/mol. The second-order valence-electron chi connectivity index (χ2n) is 8.70. The van der Waals surface area contributed by atoms with E-state index in [0.29, 0.717) is 0 Å². The zero-order valence-electron chi connectivity index (χ0n) is 18.7. The van der Waals surface area contributed by atoms with Gasteiger partial charge in [0.05, 0.1) is 0 Å². The van der Waals surface area contributed by atoms with Gasteiger partial charge >= 0.3 is 0 Å². The molecule has 0 fully saturated rings. The molecule has 0 bridgehead atoms. The fourth-order valence-electron chi connectivity index (χ4n) is 4.60. The molecular formula is C31H24O2. The lowest BCUT2D eigenvalue weighted by atomic mass is 9.92. The molecule has 0 N–H and O–H groups in total. The van der Waals surface area contributed by atoms with Crippen LogP contribution in [0.2, 0.25) is 0 Å². The molecule has 6 aromatic rings. The minimum absolute atomic E-state index is 0.583. The first-order chi connectivity index (χ1) is 16.2. The Bertz CT molecular complexity index is 1500. The van der Waals surface area contributed by atoms with Gasteiger partial charge in [0.15, 0.2) is 0 Å². The van der Waals surface area contributed by atoms with E-state index in [2.05, 4.69) is 92.7 Å². The van der Waals surface area contributed by atoms with Crippen molar-refractivity contribution >= 4 is 32.3 Å². The molecule has 0 atom stereocenters. The third kappa shape index (κ3) is 3.54. The molecule has 2 heteroatoms. The Morgan fingerprint density at radius 1 is 0.485 bits per heavy atom. The first kappa shape index (κ1) is 19.6. The summed E-state index contributed by atoms with van der Waals surface area (Å²) in [6.45, 7) is 4.15. The van der Waals surface area contributed by atoms with Crippen molar-refractivity contribution in [1.29, 1.82) is 0 Å². The molecule has 6 rings (SSSR count). The molecule has 6 aromatic carbocycles. The Balaban J connectivity index is 1.53. The van der Waals surface area contributed by atoms with Crippen LogP contribution in [0.5, 0.6) is 11.5 Å². The molecule has 0 heterocycles. The molecule has 0 aliphatic rings. The van der Waals surface area contributed by atoms with Crippen molar-refractivity contribution < 1.29 is 9.47 Å². The molecule has 0 saturated carbocycles. The van der Waals surface area contributed by atoms with Gasteiger partial charge in [-0.15, -0.1) is 0 Å². The third-order valence-corrected chi connectivity index (χ3v) is 6.34. The smallest absolute Gasteiger partial charge is 0.268 e. The van der Waals surface area contributed by atoms with Crippen LogP contribution < -0.4 is 9.47 Å². The number of hydrogen-bond acceptors (Lipinski definition) is 2. The van der Waals surface area contributed by atoms with Gasteiger partial charge in [-0.25, -0.2) is 0 Å². The van der Waals surface area contributed by atoms with Crippen molar-refractivity contribution in [1.82, 2.24) is 0 Å².